The van der Waals surface area contributed by atoms with E-state index in [2.05, 4.69) is 0 Å². The molecule has 1 aliphatic carbocycles. The Morgan fingerprint density at radius 1 is 1.28 bits per heavy atom. The number of halogens is 1. The molecule has 1 fully saturated rings. The predicted molar refractivity (Wildman–Crippen MR) is 68.1 cm³/mol. The van der Waals surface area contributed by atoms with E-state index in [1.807, 2.05) is 0 Å². The van der Waals surface area contributed by atoms with Gasteiger partial charge in [0, 0.05) is 23.6 Å². The van der Waals surface area contributed by atoms with Crippen molar-refractivity contribution in [3.8, 4) is 11.5 Å². The Kier molecular flexibility index (Phi) is 2.88. The van der Waals surface area contributed by atoms with Gasteiger partial charge < -0.3 is 20.3 Å². The third kappa shape index (κ3) is 2.05. The van der Waals surface area contributed by atoms with Crippen molar-refractivity contribution in [3.63, 3.8) is 0 Å². The van der Waals surface area contributed by atoms with Crippen molar-refractivity contribution < 1.29 is 14.6 Å². The fourth-order valence-corrected chi connectivity index (χ4v) is 2.41. The summed E-state index contributed by atoms with van der Waals surface area (Å²) in [5, 5.41) is 10.3. The van der Waals surface area contributed by atoms with E-state index in [9.17, 15) is 5.11 Å². The lowest BCUT2D eigenvalue weighted by Crippen LogP contribution is -2.17. The Morgan fingerprint density at radius 2 is 1.89 bits per heavy atom. The topological polar surface area (TPSA) is 64.7 Å². The molecule has 1 spiro atoms. The summed E-state index contributed by atoms with van der Waals surface area (Å²) in [6, 6.07) is 3.43. The predicted octanol–water partition coefficient (Wildman–Crippen LogP) is 1.88. The van der Waals surface area contributed by atoms with E-state index in [0.717, 1.165) is 12.8 Å². The van der Waals surface area contributed by atoms with Crippen LogP contribution < -0.4 is 15.2 Å². The van der Waals surface area contributed by atoms with Crippen LogP contribution in [0, 0.1) is 5.41 Å². The molecule has 1 aromatic carbocycles. The molecule has 1 saturated carbocycles. The summed E-state index contributed by atoms with van der Waals surface area (Å²) in [6.45, 7) is 1.47. The van der Waals surface area contributed by atoms with Crippen molar-refractivity contribution in [1.29, 1.82) is 0 Å². The van der Waals surface area contributed by atoms with Crippen molar-refractivity contribution in [2.75, 3.05) is 19.8 Å². The van der Waals surface area contributed by atoms with Crippen LogP contribution in [-0.4, -0.2) is 24.9 Å². The molecule has 0 bridgehead atoms. The molecule has 1 unspecified atom stereocenters. The molecular formula is C13H16ClNO3. The van der Waals surface area contributed by atoms with Gasteiger partial charge in [0.2, 0.25) is 0 Å². The van der Waals surface area contributed by atoms with Gasteiger partial charge in [0.1, 0.15) is 0 Å². The molecular weight excluding hydrogens is 254 g/mol. The lowest BCUT2D eigenvalue weighted by Gasteiger charge is -2.14. The Labute approximate surface area is 111 Å². The highest BCUT2D eigenvalue weighted by molar-refractivity contribution is 6.31. The standard InChI is InChI=1S/C13H16ClNO3/c14-9-4-12-11(3-8(9)10(16)5-15)17-6-13(1-2-13)7-18-12/h3-4,10,16H,1-2,5-7,15H2. The maximum Gasteiger partial charge on any atom is 0.162 e. The van der Waals surface area contributed by atoms with Gasteiger partial charge in [0.25, 0.3) is 0 Å². The van der Waals surface area contributed by atoms with Gasteiger partial charge in [-0.15, -0.1) is 0 Å². The van der Waals surface area contributed by atoms with Crippen molar-refractivity contribution in [2.24, 2.45) is 11.1 Å². The van der Waals surface area contributed by atoms with Gasteiger partial charge in [-0.1, -0.05) is 11.6 Å². The maximum atomic E-state index is 9.79. The summed E-state index contributed by atoms with van der Waals surface area (Å²) in [6.07, 6.45) is 1.52. The van der Waals surface area contributed by atoms with Crippen LogP contribution in [0.5, 0.6) is 11.5 Å². The summed E-state index contributed by atoms with van der Waals surface area (Å²) in [4.78, 5) is 0. The van der Waals surface area contributed by atoms with Gasteiger partial charge in [0.05, 0.1) is 24.3 Å². The van der Waals surface area contributed by atoms with Crippen LogP contribution in [0.15, 0.2) is 12.1 Å². The van der Waals surface area contributed by atoms with E-state index in [1.165, 1.54) is 0 Å². The molecule has 18 heavy (non-hydrogen) atoms. The summed E-state index contributed by atoms with van der Waals surface area (Å²) in [7, 11) is 0. The Bertz CT molecular complexity index is 474. The highest BCUT2D eigenvalue weighted by Crippen LogP contribution is 2.49. The summed E-state index contributed by atoms with van der Waals surface area (Å²) in [5.41, 5.74) is 6.24. The summed E-state index contributed by atoms with van der Waals surface area (Å²) in [5.74, 6) is 1.29. The Morgan fingerprint density at radius 3 is 2.44 bits per heavy atom. The molecule has 3 N–H and O–H groups in total. The third-order valence-electron chi connectivity index (χ3n) is 3.67. The van der Waals surface area contributed by atoms with Gasteiger partial charge in [-0.25, -0.2) is 0 Å². The van der Waals surface area contributed by atoms with E-state index in [4.69, 9.17) is 26.8 Å². The van der Waals surface area contributed by atoms with Gasteiger partial charge >= 0.3 is 0 Å². The molecule has 3 rings (SSSR count). The zero-order chi connectivity index (χ0) is 12.8. The molecule has 2 aliphatic rings. The van der Waals surface area contributed by atoms with Crippen molar-refractivity contribution >= 4 is 11.6 Å². The fraction of sp³-hybridized carbons (Fsp3) is 0.538. The van der Waals surface area contributed by atoms with E-state index < -0.39 is 6.10 Å². The minimum absolute atomic E-state index is 0.128. The largest absolute Gasteiger partial charge is 0.489 e. The quantitative estimate of drug-likeness (QED) is 0.860. The first-order valence-corrected chi connectivity index (χ1v) is 6.48. The van der Waals surface area contributed by atoms with Crippen LogP contribution in [0.25, 0.3) is 0 Å². The first-order valence-electron chi connectivity index (χ1n) is 6.11. The minimum atomic E-state index is -0.774. The van der Waals surface area contributed by atoms with Crippen molar-refractivity contribution in [3.05, 3.63) is 22.7 Å². The van der Waals surface area contributed by atoms with Gasteiger partial charge in [-0.2, -0.15) is 0 Å². The highest BCUT2D eigenvalue weighted by atomic mass is 35.5. The maximum absolute atomic E-state index is 9.79. The number of ether oxygens (including phenoxy) is 2. The SMILES string of the molecule is NCC(O)c1cc2c(cc1Cl)OCC1(CC1)CO2. The number of hydrogen-bond donors (Lipinski definition) is 2. The van der Waals surface area contributed by atoms with Gasteiger partial charge in [-0.05, 0) is 18.9 Å². The van der Waals surface area contributed by atoms with Gasteiger partial charge in [-0.3, -0.25) is 0 Å². The molecule has 0 amide bonds. The number of fused-ring (bicyclic) bond motifs is 1. The smallest absolute Gasteiger partial charge is 0.162 e. The van der Waals surface area contributed by atoms with Crippen LogP contribution in [0.1, 0.15) is 24.5 Å². The van der Waals surface area contributed by atoms with Gasteiger partial charge in [0.15, 0.2) is 11.5 Å². The zero-order valence-electron chi connectivity index (χ0n) is 9.99. The summed E-state index contributed by atoms with van der Waals surface area (Å²) >= 11 is 6.12. The first kappa shape index (κ1) is 12.1. The second-order valence-corrected chi connectivity index (χ2v) is 5.56. The van der Waals surface area contributed by atoms with E-state index in [1.54, 1.807) is 12.1 Å². The monoisotopic (exact) mass is 269 g/mol. The van der Waals surface area contributed by atoms with Crippen LogP contribution in [0.3, 0.4) is 0 Å². The molecule has 1 atom stereocenters. The molecule has 1 aliphatic heterocycles. The Balaban J connectivity index is 1.93. The average molecular weight is 270 g/mol. The second kappa shape index (κ2) is 4.30. The highest BCUT2D eigenvalue weighted by Gasteiger charge is 2.46. The van der Waals surface area contributed by atoms with E-state index in [0.29, 0.717) is 35.3 Å². The summed E-state index contributed by atoms with van der Waals surface area (Å²) < 4.78 is 11.5. The number of rotatable bonds is 2. The molecule has 0 aromatic heterocycles. The lowest BCUT2D eigenvalue weighted by atomic mass is 10.1. The molecule has 1 aromatic rings. The van der Waals surface area contributed by atoms with Crippen LogP contribution in [0.4, 0.5) is 0 Å². The van der Waals surface area contributed by atoms with Crippen LogP contribution in [-0.2, 0) is 0 Å². The fourth-order valence-electron chi connectivity index (χ4n) is 2.13. The molecule has 0 radical (unpaired) electrons. The molecule has 1 heterocycles. The van der Waals surface area contributed by atoms with E-state index in [-0.39, 0.29) is 12.0 Å². The first-order chi connectivity index (χ1) is 8.63. The third-order valence-corrected chi connectivity index (χ3v) is 4.00. The van der Waals surface area contributed by atoms with E-state index >= 15 is 0 Å². The molecule has 0 saturated heterocycles. The van der Waals surface area contributed by atoms with Crippen molar-refractivity contribution in [1.82, 2.24) is 0 Å². The number of hydrogen-bond acceptors (Lipinski definition) is 4. The molecule has 5 heteroatoms. The van der Waals surface area contributed by atoms with Crippen LogP contribution in [0.2, 0.25) is 5.02 Å². The number of aliphatic hydroxyl groups is 1. The van der Waals surface area contributed by atoms with Crippen molar-refractivity contribution in [2.45, 2.75) is 18.9 Å². The minimum Gasteiger partial charge on any atom is -0.489 e. The second-order valence-electron chi connectivity index (χ2n) is 5.15. The molecule has 98 valence electrons. The number of nitrogens with two attached hydrogens (primary N) is 1. The van der Waals surface area contributed by atoms with Crippen LogP contribution >= 0.6 is 11.6 Å². The normalized spacial score (nSPS) is 21.5. The zero-order valence-corrected chi connectivity index (χ0v) is 10.7. The number of benzene rings is 1. The lowest BCUT2D eigenvalue weighted by molar-refractivity contribution is 0.185. The molecule has 4 nitrogen and oxygen atoms in total. The number of aliphatic hydroxyl groups excluding tert-OH is 1. The average Bonchev–Trinajstić information content (AvgIpc) is 3.16. The Hall–Kier alpha value is -0.970.